The molecule has 0 bridgehead atoms. The van der Waals surface area contributed by atoms with E-state index in [0.717, 1.165) is 0 Å². The Balaban J connectivity index is 0.000000252. The van der Waals surface area contributed by atoms with Gasteiger partial charge in [0.25, 0.3) is 0 Å². The van der Waals surface area contributed by atoms with Crippen LogP contribution in [0.3, 0.4) is 0 Å². The van der Waals surface area contributed by atoms with Gasteiger partial charge in [0, 0.05) is 0 Å². The van der Waals surface area contributed by atoms with E-state index in [9.17, 15) is 4.80 Å². The molecule has 1 rings (SSSR count). The summed E-state index contributed by atoms with van der Waals surface area (Å²) in [5.74, 6) is 0. The van der Waals surface area contributed by atoms with Crippen LogP contribution >= 0.6 is 18.4 Å². The smallest absolute Gasteiger partial charge is 0.216 e. The molecule has 1 unspecified atom stereocenters. The van der Waals surface area contributed by atoms with Gasteiger partial charge in [-0.3, -0.25) is 0 Å². The number of rotatable bonds is 1. The second-order valence-electron chi connectivity index (χ2n) is 4.12. The fraction of sp³-hybridized carbons (Fsp3) is 1.00. The van der Waals surface area contributed by atoms with Crippen LogP contribution in [0.5, 0.6) is 0 Å². The van der Waals surface area contributed by atoms with Gasteiger partial charge in [0.05, 0.1) is 13.1 Å². The van der Waals surface area contributed by atoms with Crippen molar-refractivity contribution in [3.8, 4) is 0 Å². The zero-order valence-electron chi connectivity index (χ0n) is 8.71. The minimum absolute atomic E-state index is 1.19. The minimum atomic E-state index is -1.86. The molecule has 0 aromatic carbocycles. The zero-order valence-corrected chi connectivity index (χ0v) is 11.9. The molecule has 1 fully saturated rings. The van der Waals surface area contributed by atoms with Crippen LogP contribution in [-0.2, 0) is 0 Å². The van der Waals surface area contributed by atoms with Gasteiger partial charge in [-0.15, -0.1) is 4.21 Å². The van der Waals surface area contributed by atoms with Crippen molar-refractivity contribution in [2.45, 2.75) is 32.5 Å². The van der Waals surface area contributed by atoms with E-state index in [1.54, 1.807) is 19.6 Å². The van der Waals surface area contributed by atoms with Crippen LogP contribution in [0.2, 0.25) is 19.6 Å². The molecule has 0 saturated carbocycles. The second kappa shape index (κ2) is 6.21. The van der Waals surface area contributed by atoms with E-state index in [0.29, 0.717) is 0 Å². The Morgan fingerprint density at radius 2 is 1.62 bits per heavy atom. The molecule has 1 heterocycles. The van der Waals surface area contributed by atoms with Crippen LogP contribution in [0.4, 0.5) is 0 Å². The Hall–Kier alpha value is 0.667. The van der Waals surface area contributed by atoms with Crippen molar-refractivity contribution in [2.24, 2.45) is 0 Å². The normalized spacial score (nSPS) is 17.9. The van der Waals surface area contributed by atoms with Crippen LogP contribution in [0.25, 0.3) is 0 Å². The van der Waals surface area contributed by atoms with E-state index in [1.807, 2.05) is 4.21 Å². The molecule has 0 radical (unpaired) electrons. The van der Waals surface area contributed by atoms with Gasteiger partial charge in [-0.1, -0.05) is 33.0 Å². The van der Waals surface area contributed by atoms with Gasteiger partial charge in [-0.2, -0.15) is 0 Å². The van der Waals surface area contributed by atoms with Crippen molar-refractivity contribution in [2.75, 3.05) is 13.1 Å². The van der Waals surface area contributed by atoms with Crippen molar-refractivity contribution < 1.29 is 9.00 Å². The molecule has 1 saturated heterocycles. The first-order valence-corrected chi connectivity index (χ1v) is 8.89. The van der Waals surface area contributed by atoms with Crippen LogP contribution in [0.15, 0.2) is 0 Å². The summed E-state index contributed by atoms with van der Waals surface area (Å²) in [6, 6.07) is 0. The minimum Gasteiger partial charge on any atom is -0.859 e. The first-order valence-electron chi connectivity index (χ1n) is 4.52. The Morgan fingerprint density at radius 3 is 1.77 bits per heavy atom. The maximum Gasteiger partial charge on any atom is 0.216 e. The lowest BCUT2D eigenvalue weighted by Gasteiger charge is -2.21. The van der Waals surface area contributed by atoms with Gasteiger partial charge in [0.2, 0.25) is 9.03 Å². The standard InChI is InChI=1S/C4H11N2P2.C3H9OSi/c7-6(8)5-3-1-2-4-5;1-5(2,3)4/h7H,1-4,8H2;1-3H3/q+1;-1. The lowest BCUT2D eigenvalue weighted by atomic mass is 10.4. The summed E-state index contributed by atoms with van der Waals surface area (Å²) in [7, 11) is 4.08. The third-order valence-corrected chi connectivity index (χ3v) is 2.00. The lowest BCUT2D eigenvalue weighted by Crippen LogP contribution is -2.38. The summed E-state index contributed by atoms with van der Waals surface area (Å²) in [5, 5.41) is 2.24. The maximum absolute atomic E-state index is 10.2. The predicted molar refractivity (Wildman–Crippen MR) is 62.4 cm³/mol. The van der Waals surface area contributed by atoms with E-state index in [-0.39, 0.29) is 0 Å². The SMILES string of the molecule is C[Si](C)(C)[O-].P=[N+](P)N1CCCC1. The second-order valence-corrected chi connectivity index (χ2v) is 9.81. The average Bonchev–Trinajstić information content (AvgIpc) is 2.31. The summed E-state index contributed by atoms with van der Waals surface area (Å²) in [6.07, 6.45) is 2.66. The highest BCUT2D eigenvalue weighted by molar-refractivity contribution is 7.15. The van der Waals surface area contributed by atoms with E-state index < -0.39 is 8.32 Å². The highest BCUT2D eigenvalue weighted by Gasteiger charge is 2.16. The van der Waals surface area contributed by atoms with E-state index >= 15 is 0 Å². The van der Waals surface area contributed by atoms with Crippen molar-refractivity contribution in [1.82, 2.24) is 5.01 Å². The number of hydrogen-bond donors (Lipinski definition) is 0. The van der Waals surface area contributed by atoms with Crippen molar-refractivity contribution in [1.29, 1.82) is 0 Å². The maximum atomic E-state index is 10.2. The van der Waals surface area contributed by atoms with Crippen LogP contribution in [0, 0.1) is 0 Å². The van der Waals surface area contributed by atoms with Gasteiger partial charge in [0.15, 0.2) is 9.39 Å². The lowest BCUT2D eigenvalue weighted by molar-refractivity contribution is -0.526. The third-order valence-electron chi connectivity index (χ3n) is 1.39. The van der Waals surface area contributed by atoms with Gasteiger partial charge in [-0.05, 0) is 12.8 Å². The molecular weight excluding hydrogens is 218 g/mol. The first-order chi connectivity index (χ1) is 5.80. The Morgan fingerprint density at radius 1 is 1.31 bits per heavy atom. The van der Waals surface area contributed by atoms with Crippen LogP contribution < -0.4 is 4.80 Å². The highest BCUT2D eigenvalue weighted by atomic mass is 31.1. The molecular formula is C7H20N2OP2Si. The fourth-order valence-electron chi connectivity index (χ4n) is 0.916. The zero-order chi connectivity index (χ0) is 10.5. The molecule has 1 atom stereocenters. The summed E-state index contributed by atoms with van der Waals surface area (Å²) in [4.78, 5) is 10.2. The monoisotopic (exact) mass is 238 g/mol. The fourth-order valence-corrected chi connectivity index (χ4v) is 1.35. The van der Waals surface area contributed by atoms with E-state index in [4.69, 9.17) is 0 Å². The summed E-state index contributed by atoms with van der Waals surface area (Å²) in [5.41, 5.74) is 0. The predicted octanol–water partition coefficient (Wildman–Crippen LogP) is 1.31. The van der Waals surface area contributed by atoms with Crippen molar-refractivity contribution in [3.63, 3.8) is 0 Å². The Bertz CT molecular complexity index is 160. The molecule has 0 amide bonds. The summed E-state index contributed by atoms with van der Waals surface area (Å²) < 4.78 is 1.90. The van der Waals surface area contributed by atoms with Gasteiger partial charge in [-0.25, -0.2) is 0 Å². The molecule has 1 aliphatic heterocycles. The molecule has 6 heteroatoms. The first kappa shape index (κ1) is 13.7. The molecule has 0 N–H and O–H groups in total. The molecule has 0 spiro atoms. The summed E-state index contributed by atoms with van der Waals surface area (Å²) in [6.45, 7) is 7.69. The van der Waals surface area contributed by atoms with Gasteiger partial charge >= 0.3 is 0 Å². The van der Waals surface area contributed by atoms with Crippen molar-refractivity contribution in [3.05, 3.63) is 0 Å². The quantitative estimate of drug-likeness (QED) is 0.509. The van der Waals surface area contributed by atoms with E-state index in [2.05, 4.69) is 23.4 Å². The largest absolute Gasteiger partial charge is 0.859 e. The molecule has 0 aromatic rings. The highest BCUT2D eigenvalue weighted by Crippen LogP contribution is 2.10. The number of nitrogens with zero attached hydrogens (tertiary/aromatic N) is 2. The van der Waals surface area contributed by atoms with Gasteiger partial charge in [0.1, 0.15) is 0 Å². The topological polar surface area (TPSA) is 29.3 Å². The summed E-state index contributed by atoms with van der Waals surface area (Å²) >= 11 is 0. The molecule has 3 nitrogen and oxygen atoms in total. The van der Waals surface area contributed by atoms with E-state index in [1.165, 1.54) is 25.9 Å². The number of hydrazine groups is 1. The Kier molecular flexibility index (Phi) is 6.53. The Labute approximate surface area is 86.8 Å². The third kappa shape index (κ3) is 10.6. The van der Waals surface area contributed by atoms with Crippen molar-refractivity contribution >= 4 is 26.7 Å². The van der Waals surface area contributed by atoms with Gasteiger partial charge < -0.3 is 4.80 Å². The van der Waals surface area contributed by atoms with Crippen LogP contribution in [0.1, 0.15) is 12.8 Å². The molecule has 78 valence electrons. The average molecular weight is 238 g/mol. The molecule has 0 aliphatic carbocycles. The molecule has 1 aliphatic rings. The van der Waals surface area contributed by atoms with Crippen LogP contribution in [-0.4, -0.2) is 30.6 Å². The molecule has 13 heavy (non-hydrogen) atoms. The molecule has 0 aromatic heterocycles. The number of hydrogen-bond acceptors (Lipinski definition) is 1.